The van der Waals surface area contributed by atoms with Crippen LogP contribution in [-0.4, -0.2) is 41.6 Å². The van der Waals surface area contributed by atoms with Gasteiger partial charge in [-0.2, -0.15) is 0 Å². The summed E-state index contributed by atoms with van der Waals surface area (Å²) in [5, 5.41) is 0. The fraction of sp³-hybridized carbons (Fsp3) is 0.583. The van der Waals surface area contributed by atoms with Crippen LogP contribution >= 0.6 is 0 Å². The van der Waals surface area contributed by atoms with Gasteiger partial charge in [-0.1, -0.05) is 0 Å². The highest BCUT2D eigenvalue weighted by atomic mass is 16.6. The van der Waals surface area contributed by atoms with E-state index < -0.39 is 29.6 Å². The Balaban J connectivity index is 3.02. The van der Waals surface area contributed by atoms with Crippen LogP contribution in [0.25, 0.3) is 0 Å². The molecule has 7 nitrogen and oxygen atoms in total. The van der Waals surface area contributed by atoms with Crippen molar-refractivity contribution in [3.63, 3.8) is 0 Å². The topological polar surface area (TPSA) is 98.9 Å². The molecule has 1 aliphatic heterocycles. The number of ether oxygens (including phenoxy) is 2. The minimum atomic E-state index is -1.03. The van der Waals surface area contributed by atoms with Crippen LogP contribution in [0.1, 0.15) is 27.2 Å². The maximum atomic E-state index is 12.0. The molecule has 0 aromatic carbocycles. The van der Waals surface area contributed by atoms with Crippen LogP contribution in [0.5, 0.6) is 0 Å². The van der Waals surface area contributed by atoms with Gasteiger partial charge in [0.15, 0.2) is 0 Å². The molecule has 0 aromatic rings. The lowest BCUT2D eigenvalue weighted by atomic mass is 10.1. The maximum Gasteiger partial charge on any atom is 0.418 e. The number of methoxy groups -OCH3 is 1. The lowest BCUT2D eigenvalue weighted by Crippen LogP contribution is -2.45. The van der Waals surface area contributed by atoms with E-state index in [4.69, 9.17) is 10.5 Å². The summed E-state index contributed by atoms with van der Waals surface area (Å²) in [7, 11) is 1.18. The molecule has 2 N–H and O–H groups in total. The van der Waals surface area contributed by atoms with Gasteiger partial charge in [0.25, 0.3) is 5.91 Å². The highest BCUT2D eigenvalue weighted by Crippen LogP contribution is 2.26. The van der Waals surface area contributed by atoms with Gasteiger partial charge in [-0.3, -0.25) is 4.79 Å². The minimum Gasteiger partial charge on any atom is -0.467 e. The van der Waals surface area contributed by atoms with E-state index in [9.17, 15) is 14.4 Å². The lowest BCUT2D eigenvalue weighted by molar-refractivity contribution is -0.148. The third-order valence-corrected chi connectivity index (χ3v) is 2.48. The van der Waals surface area contributed by atoms with E-state index in [1.807, 2.05) is 0 Å². The van der Waals surface area contributed by atoms with Crippen molar-refractivity contribution in [3.8, 4) is 0 Å². The van der Waals surface area contributed by atoms with Crippen LogP contribution in [0.2, 0.25) is 0 Å². The van der Waals surface area contributed by atoms with Crippen LogP contribution in [0.4, 0.5) is 4.79 Å². The van der Waals surface area contributed by atoms with Crippen LogP contribution in [0, 0.1) is 0 Å². The molecule has 1 saturated heterocycles. The number of carbonyl (C=O) groups excluding carboxylic acids is 3. The van der Waals surface area contributed by atoms with E-state index in [-0.39, 0.29) is 12.0 Å². The van der Waals surface area contributed by atoms with Crippen molar-refractivity contribution in [1.29, 1.82) is 0 Å². The van der Waals surface area contributed by atoms with E-state index in [1.165, 1.54) is 7.11 Å². The SMILES string of the molecule is COC(=O)C1C/C(=C\N)C(=O)N1C(=O)OC(C)(C)C. The molecule has 0 aliphatic carbocycles. The molecule has 2 amide bonds. The van der Waals surface area contributed by atoms with Crippen molar-refractivity contribution in [3.05, 3.63) is 11.8 Å². The van der Waals surface area contributed by atoms with Crippen molar-refractivity contribution < 1.29 is 23.9 Å². The molecule has 0 spiro atoms. The highest BCUT2D eigenvalue weighted by Gasteiger charge is 2.45. The van der Waals surface area contributed by atoms with Crippen molar-refractivity contribution in [2.45, 2.75) is 38.8 Å². The number of imide groups is 1. The van der Waals surface area contributed by atoms with Crippen molar-refractivity contribution in [1.82, 2.24) is 4.90 Å². The summed E-state index contributed by atoms with van der Waals surface area (Å²) in [6, 6.07) is -1.03. The third-order valence-electron chi connectivity index (χ3n) is 2.48. The highest BCUT2D eigenvalue weighted by molar-refractivity contribution is 6.08. The fourth-order valence-electron chi connectivity index (χ4n) is 1.67. The van der Waals surface area contributed by atoms with Gasteiger partial charge in [0.1, 0.15) is 11.6 Å². The van der Waals surface area contributed by atoms with Gasteiger partial charge in [0, 0.05) is 18.2 Å². The molecule has 0 bridgehead atoms. The second-order valence-electron chi connectivity index (χ2n) is 5.09. The zero-order valence-electron chi connectivity index (χ0n) is 11.4. The zero-order chi connectivity index (χ0) is 14.8. The van der Waals surface area contributed by atoms with Crippen molar-refractivity contribution >= 4 is 18.0 Å². The number of rotatable bonds is 1. The molecule has 1 rings (SSSR count). The summed E-state index contributed by atoms with van der Waals surface area (Å²) < 4.78 is 9.68. The van der Waals surface area contributed by atoms with Crippen molar-refractivity contribution in [2.24, 2.45) is 5.73 Å². The summed E-state index contributed by atoms with van der Waals surface area (Å²) in [4.78, 5) is 36.3. The number of hydrogen-bond acceptors (Lipinski definition) is 6. The van der Waals surface area contributed by atoms with Crippen LogP contribution in [-0.2, 0) is 19.1 Å². The first-order valence-electron chi connectivity index (χ1n) is 5.76. The Kier molecular flexibility index (Phi) is 4.18. The molecule has 1 aliphatic rings. The summed E-state index contributed by atoms with van der Waals surface area (Å²) in [5.41, 5.74) is 4.71. The Morgan fingerprint density at radius 2 is 2.00 bits per heavy atom. The second kappa shape index (κ2) is 5.29. The minimum absolute atomic E-state index is 0.0290. The Morgan fingerprint density at radius 3 is 2.42 bits per heavy atom. The predicted molar refractivity (Wildman–Crippen MR) is 65.8 cm³/mol. The number of nitrogens with zero attached hydrogens (tertiary/aromatic N) is 1. The van der Waals surface area contributed by atoms with Gasteiger partial charge in [0.2, 0.25) is 0 Å². The summed E-state index contributed by atoms with van der Waals surface area (Å²) in [6.07, 6.45) is 0.230. The third kappa shape index (κ3) is 3.24. The molecule has 1 fully saturated rings. The number of amides is 2. The monoisotopic (exact) mass is 270 g/mol. The van der Waals surface area contributed by atoms with Crippen LogP contribution in [0.3, 0.4) is 0 Å². The quantitative estimate of drug-likeness (QED) is 0.551. The molecule has 19 heavy (non-hydrogen) atoms. The van der Waals surface area contributed by atoms with E-state index >= 15 is 0 Å². The average molecular weight is 270 g/mol. The number of likely N-dealkylation sites (tertiary alicyclic amines) is 1. The van der Waals surface area contributed by atoms with Gasteiger partial charge in [-0.25, -0.2) is 14.5 Å². The summed E-state index contributed by atoms with van der Waals surface area (Å²) in [6.45, 7) is 4.99. The first kappa shape index (κ1) is 15.0. The Labute approximate surface area is 111 Å². The Hall–Kier alpha value is -2.05. The van der Waals surface area contributed by atoms with Gasteiger partial charge in [-0.15, -0.1) is 0 Å². The number of hydrogen-bond donors (Lipinski definition) is 1. The first-order chi connectivity index (χ1) is 8.71. The van der Waals surface area contributed by atoms with Gasteiger partial charge >= 0.3 is 12.1 Å². The van der Waals surface area contributed by atoms with Crippen molar-refractivity contribution in [2.75, 3.05) is 7.11 Å². The summed E-state index contributed by atoms with van der Waals surface area (Å²) >= 11 is 0. The van der Waals surface area contributed by atoms with E-state index in [0.717, 1.165) is 11.1 Å². The maximum absolute atomic E-state index is 12.0. The Morgan fingerprint density at radius 1 is 1.42 bits per heavy atom. The first-order valence-corrected chi connectivity index (χ1v) is 5.76. The standard InChI is InChI=1S/C12H18N2O5/c1-12(2,3)19-11(17)14-8(10(16)18-4)5-7(6-13)9(14)15/h6,8H,5,13H2,1-4H3/b7-6+. The molecule has 0 saturated carbocycles. The normalized spacial score (nSPS) is 21.7. The van der Waals surface area contributed by atoms with Crippen LogP contribution in [0.15, 0.2) is 11.8 Å². The van der Waals surface area contributed by atoms with E-state index in [1.54, 1.807) is 20.8 Å². The van der Waals surface area contributed by atoms with Gasteiger partial charge in [0.05, 0.1) is 7.11 Å². The second-order valence-corrected chi connectivity index (χ2v) is 5.09. The molecule has 106 valence electrons. The molecule has 1 unspecified atom stereocenters. The molecule has 1 heterocycles. The molecular weight excluding hydrogens is 252 g/mol. The number of nitrogens with two attached hydrogens (primary N) is 1. The van der Waals surface area contributed by atoms with E-state index in [2.05, 4.69) is 4.74 Å². The predicted octanol–water partition coefficient (Wildman–Crippen LogP) is 0.538. The van der Waals surface area contributed by atoms with Crippen LogP contribution < -0.4 is 5.73 Å². The molecule has 0 radical (unpaired) electrons. The molecular formula is C12H18N2O5. The zero-order valence-corrected chi connectivity index (χ0v) is 11.4. The smallest absolute Gasteiger partial charge is 0.418 e. The number of carbonyl (C=O) groups is 3. The summed E-state index contributed by atoms with van der Waals surface area (Å²) in [5.74, 6) is -1.32. The number of esters is 1. The van der Waals surface area contributed by atoms with E-state index in [0.29, 0.717) is 0 Å². The largest absolute Gasteiger partial charge is 0.467 e. The Bertz CT molecular complexity index is 436. The average Bonchev–Trinajstić information content (AvgIpc) is 2.63. The molecule has 7 heteroatoms. The van der Waals surface area contributed by atoms with Gasteiger partial charge in [-0.05, 0) is 20.8 Å². The fourth-order valence-corrected chi connectivity index (χ4v) is 1.67. The van der Waals surface area contributed by atoms with Gasteiger partial charge < -0.3 is 15.2 Å². The molecule has 0 aromatic heterocycles. The lowest BCUT2D eigenvalue weighted by Gasteiger charge is -2.25. The molecule has 1 atom stereocenters.